The van der Waals surface area contributed by atoms with Crippen molar-refractivity contribution in [3.63, 3.8) is 0 Å². The molecule has 2 aromatic rings. The number of rotatable bonds is 20. The summed E-state index contributed by atoms with van der Waals surface area (Å²) in [5.74, 6) is 0. The van der Waals surface area contributed by atoms with Crippen LogP contribution in [0.15, 0.2) is 58.3 Å². The van der Waals surface area contributed by atoms with Gasteiger partial charge in [-0.15, -0.1) is 46.4 Å². The maximum absolute atomic E-state index is 11.2. The quantitative estimate of drug-likeness (QED) is 0.0763. The SMILES string of the molecule is CCCCCCCCCc1ccccc1SP([O-])([O-])=S.CCCCCCCCCc1ccccc1SP([O-])([O-])=S.[Mo+4]. The molecule has 0 spiro atoms. The molecule has 0 fully saturated rings. The molecule has 0 heterocycles. The van der Waals surface area contributed by atoms with Crippen LogP contribution in [0.4, 0.5) is 0 Å². The molecule has 11 heteroatoms. The second-order valence-corrected chi connectivity index (χ2v) is 21.3. The van der Waals surface area contributed by atoms with Gasteiger partial charge in [0, 0.05) is 9.79 Å². The fourth-order valence-corrected chi connectivity index (χ4v) is 9.68. The fourth-order valence-electron chi connectivity index (χ4n) is 4.38. The van der Waals surface area contributed by atoms with Gasteiger partial charge in [0.05, 0.1) is 0 Å². The van der Waals surface area contributed by atoms with E-state index < -0.39 is 11.4 Å². The predicted molar refractivity (Wildman–Crippen MR) is 177 cm³/mol. The van der Waals surface area contributed by atoms with Gasteiger partial charge in [0.1, 0.15) is 0 Å². The molecule has 2 aromatic carbocycles. The van der Waals surface area contributed by atoms with Crippen molar-refractivity contribution in [1.82, 2.24) is 0 Å². The molecule has 0 N–H and O–H groups in total. The monoisotopic (exact) mass is 758 g/mol. The van der Waals surface area contributed by atoms with Crippen molar-refractivity contribution in [3.8, 4) is 0 Å². The maximum Gasteiger partial charge on any atom is 4.00 e. The van der Waals surface area contributed by atoms with Crippen LogP contribution in [0.1, 0.15) is 115 Å². The number of aryl methyl sites for hydroxylation is 2. The molecule has 0 saturated heterocycles. The Morgan fingerprint density at radius 3 is 1.12 bits per heavy atom. The molecule has 0 aromatic heterocycles. The summed E-state index contributed by atoms with van der Waals surface area (Å²) >= 11 is 10.6. The zero-order valence-electron chi connectivity index (χ0n) is 24.5. The van der Waals surface area contributed by atoms with E-state index in [4.69, 9.17) is 0 Å². The van der Waals surface area contributed by atoms with E-state index in [9.17, 15) is 19.6 Å². The fraction of sp³-hybridized carbons (Fsp3) is 0.600. The maximum atomic E-state index is 11.2. The number of benzene rings is 2. The van der Waals surface area contributed by atoms with E-state index in [1.165, 1.54) is 77.0 Å². The molecule has 0 aliphatic heterocycles. The molecule has 0 radical (unpaired) electrons. The first-order valence-corrected chi connectivity index (χ1v) is 22.8. The molecule has 41 heavy (non-hydrogen) atoms. The van der Waals surface area contributed by atoms with Crippen LogP contribution < -0.4 is 19.6 Å². The zero-order valence-corrected chi connectivity index (χ0v) is 31.6. The minimum atomic E-state index is -3.72. The van der Waals surface area contributed by atoms with E-state index in [2.05, 4.69) is 37.5 Å². The first kappa shape index (κ1) is 42.0. The molecule has 0 atom stereocenters. The average Bonchev–Trinajstić information content (AvgIpc) is 2.88. The Kier molecular flexibility index (Phi) is 25.8. The molecular formula is C30H46MoO4P2S4. The number of unbranched alkanes of at least 4 members (excludes halogenated alkanes) is 12. The molecule has 0 bridgehead atoms. The third-order valence-electron chi connectivity index (χ3n) is 6.46. The summed E-state index contributed by atoms with van der Waals surface area (Å²) in [7, 11) is 0. The zero-order chi connectivity index (χ0) is 29.7. The van der Waals surface area contributed by atoms with Crippen LogP contribution >= 0.6 is 34.2 Å². The Bertz CT molecular complexity index is 952. The van der Waals surface area contributed by atoms with Crippen molar-refractivity contribution in [2.45, 2.75) is 126 Å². The van der Waals surface area contributed by atoms with Crippen LogP contribution in [-0.2, 0) is 57.5 Å². The van der Waals surface area contributed by atoms with Crippen LogP contribution in [0.3, 0.4) is 0 Å². The van der Waals surface area contributed by atoms with E-state index in [1.54, 1.807) is 0 Å². The van der Waals surface area contributed by atoms with Gasteiger partial charge in [-0.1, -0.05) is 127 Å². The first-order valence-electron chi connectivity index (χ1n) is 14.6. The van der Waals surface area contributed by atoms with Crippen molar-refractivity contribution in [3.05, 3.63) is 59.7 Å². The van der Waals surface area contributed by atoms with Crippen molar-refractivity contribution in [1.29, 1.82) is 0 Å². The summed E-state index contributed by atoms with van der Waals surface area (Å²) in [6, 6.07) is 15.3. The predicted octanol–water partition coefficient (Wildman–Crippen LogP) is 8.03. The molecule has 4 nitrogen and oxygen atoms in total. The molecule has 0 aliphatic rings. The van der Waals surface area contributed by atoms with Crippen LogP contribution in [0.2, 0.25) is 0 Å². The Balaban J connectivity index is 0.000000762. The summed E-state index contributed by atoms with van der Waals surface area (Å²) in [6.07, 6.45) is 19.6. The molecule has 230 valence electrons. The summed E-state index contributed by atoms with van der Waals surface area (Å²) in [4.78, 5) is 46.5. The topological polar surface area (TPSA) is 92.2 Å². The van der Waals surface area contributed by atoms with Gasteiger partial charge in [-0.25, -0.2) is 0 Å². The summed E-state index contributed by atoms with van der Waals surface area (Å²) in [5.41, 5.74) is -5.24. The van der Waals surface area contributed by atoms with Gasteiger partial charge >= 0.3 is 21.1 Å². The van der Waals surface area contributed by atoms with E-state index in [-0.39, 0.29) is 21.1 Å². The van der Waals surface area contributed by atoms with Gasteiger partial charge in [0.2, 0.25) is 0 Å². The summed E-state index contributed by atoms with van der Waals surface area (Å²) < 4.78 is 0. The standard InChI is InChI=1S/2C15H25O2PS2.Mo/c2*1-2-3-4-5-6-7-8-11-14-12-9-10-13-15(14)20-18(16,17)19;/h2*9-10,12-13H,2-8,11H2,1H3,(H2,16,17,19);/q;;+4/p-4. The second kappa shape index (κ2) is 25.2. The van der Waals surface area contributed by atoms with Crippen LogP contribution in [-0.4, -0.2) is 0 Å². The largest absolute Gasteiger partial charge is 4.00 e. The Morgan fingerprint density at radius 1 is 0.512 bits per heavy atom. The Labute approximate surface area is 282 Å². The van der Waals surface area contributed by atoms with Crippen LogP contribution in [0, 0.1) is 0 Å². The molecule has 0 unspecified atom stereocenters. The number of hydrogen-bond acceptors (Lipinski definition) is 8. The van der Waals surface area contributed by atoms with E-state index in [1.807, 2.05) is 48.5 Å². The third kappa shape index (κ3) is 23.9. The normalized spacial score (nSPS) is 11.5. The average molecular weight is 757 g/mol. The van der Waals surface area contributed by atoms with Gasteiger partial charge in [-0.2, -0.15) is 11.4 Å². The van der Waals surface area contributed by atoms with Crippen molar-refractivity contribution in [2.24, 2.45) is 0 Å². The van der Waals surface area contributed by atoms with Crippen LogP contribution in [0.25, 0.3) is 0 Å². The Hall–Kier alpha value is 0.968. The third-order valence-corrected chi connectivity index (χ3v) is 12.0. The van der Waals surface area contributed by atoms with Gasteiger partial charge in [-0.3, -0.25) is 0 Å². The summed E-state index contributed by atoms with van der Waals surface area (Å²) in [5, 5.41) is 0. The van der Waals surface area contributed by atoms with Crippen molar-refractivity contribution >= 4 is 57.8 Å². The van der Waals surface area contributed by atoms with E-state index in [0.717, 1.165) is 69.4 Å². The van der Waals surface area contributed by atoms with E-state index >= 15 is 0 Å². The molecule has 0 aliphatic carbocycles. The minimum Gasteiger partial charge on any atom is -0.824 e. The number of hydrogen-bond donors (Lipinski definition) is 0. The molecular weight excluding hydrogens is 710 g/mol. The summed E-state index contributed by atoms with van der Waals surface area (Å²) in [6.45, 7) is 4.45. The molecule has 2 rings (SSSR count). The van der Waals surface area contributed by atoms with Gasteiger partial charge in [0.25, 0.3) is 0 Å². The van der Waals surface area contributed by atoms with Crippen molar-refractivity contribution in [2.75, 3.05) is 0 Å². The van der Waals surface area contributed by atoms with E-state index in [0.29, 0.717) is 0 Å². The Morgan fingerprint density at radius 2 is 0.805 bits per heavy atom. The second-order valence-electron chi connectivity index (χ2n) is 10.0. The first-order chi connectivity index (χ1) is 19.1. The van der Waals surface area contributed by atoms with Crippen LogP contribution in [0.5, 0.6) is 0 Å². The molecule has 0 amide bonds. The van der Waals surface area contributed by atoms with Gasteiger partial charge in [0.15, 0.2) is 0 Å². The minimum absolute atomic E-state index is 0. The van der Waals surface area contributed by atoms with Gasteiger partial charge < -0.3 is 19.6 Å². The molecule has 0 saturated carbocycles. The van der Waals surface area contributed by atoms with Gasteiger partial charge in [-0.05, 0) is 48.9 Å². The van der Waals surface area contributed by atoms with Crippen molar-refractivity contribution < 1.29 is 40.6 Å². The smallest absolute Gasteiger partial charge is 0.824 e.